The van der Waals surface area contributed by atoms with Crippen molar-refractivity contribution in [2.24, 2.45) is 0 Å². The van der Waals surface area contributed by atoms with Crippen molar-refractivity contribution < 1.29 is 8.78 Å². The SMILES string of the molecule is O=c1c2ccc(N3CCN(Cc4ncccn4)CC3)cc2ncn1CC(F)F. The molecule has 0 atom stereocenters. The van der Waals surface area contributed by atoms with Crippen molar-refractivity contribution in [1.82, 2.24) is 24.4 Å². The predicted molar refractivity (Wildman–Crippen MR) is 102 cm³/mol. The second kappa shape index (κ2) is 7.97. The first kappa shape index (κ1) is 18.4. The van der Waals surface area contributed by atoms with Crippen molar-refractivity contribution in [2.75, 3.05) is 31.1 Å². The molecular formula is C19H20F2N6O. The summed E-state index contributed by atoms with van der Waals surface area (Å²) in [6, 6.07) is 7.18. The molecule has 0 radical (unpaired) electrons. The molecule has 3 aromatic rings. The van der Waals surface area contributed by atoms with Gasteiger partial charge in [0, 0.05) is 44.3 Å². The summed E-state index contributed by atoms with van der Waals surface area (Å²) in [5, 5.41) is 0.353. The Labute approximate surface area is 160 Å². The molecular weight excluding hydrogens is 366 g/mol. The molecule has 1 aromatic carbocycles. The van der Waals surface area contributed by atoms with E-state index in [9.17, 15) is 13.6 Å². The fraction of sp³-hybridized carbons (Fsp3) is 0.368. The quantitative estimate of drug-likeness (QED) is 0.666. The number of rotatable bonds is 5. The Balaban J connectivity index is 1.46. The molecule has 0 aliphatic carbocycles. The van der Waals surface area contributed by atoms with E-state index < -0.39 is 18.5 Å². The van der Waals surface area contributed by atoms with Gasteiger partial charge in [-0.15, -0.1) is 0 Å². The van der Waals surface area contributed by atoms with Crippen molar-refractivity contribution in [3.63, 3.8) is 0 Å². The number of piperazine rings is 1. The van der Waals surface area contributed by atoms with Crippen LogP contribution in [0.3, 0.4) is 0 Å². The first-order valence-corrected chi connectivity index (χ1v) is 9.11. The molecule has 3 heterocycles. The Morgan fingerprint density at radius 3 is 2.50 bits per heavy atom. The summed E-state index contributed by atoms with van der Waals surface area (Å²) in [7, 11) is 0. The molecule has 0 spiro atoms. The molecule has 1 aliphatic rings. The van der Waals surface area contributed by atoms with Gasteiger partial charge in [0.25, 0.3) is 12.0 Å². The van der Waals surface area contributed by atoms with Crippen LogP contribution in [0.5, 0.6) is 0 Å². The average molecular weight is 386 g/mol. The molecule has 1 aliphatic heterocycles. The smallest absolute Gasteiger partial charge is 0.261 e. The van der Waals surface area contributed by atoms with Crippen LogP contribution in [-0.2, 0) is 13.1 Å². The predicted octanol–water partition coefficient (Wildman–Crippen LogP) is 1.77. The molecule has 1 saturated heterocycles. The normalized spacial score (nSPS) is 15.5. The number of aromatic nitrogens is 4. The lowest BCUT2D eigenvalue weighted by atomic mass is 10.2. The maximum atomic E-state index is 12.6. The second-order valence-corrected chi connectivity index (χ2v) is 6.72. The maximum absolute atomic E-state index is 12.6. The van der Waals surface area contributed by atoms with Crippen molar-refractivity contribution in [3.05, 3.63) is 59.2 Å². The van der Waals surface area contributed by atoms with E-state index in [2.05, 4.69) is 24.8 Å². The molecule has 0 saturated carbocycles. The highest BCUT2D eigenvalue weighted by molar-refractivity contribution is 5.81. The lowest BCUT2D eigenvalue weighted by Crippen LogP contribution is -2.46. The third-order valence-electron chi connectivity index (χ3n) is 4.87. The summed E-state index contributed by atoms with van der Waals surface area (Å²) in [6.45, 7) is 3.50. The van der Waals surface area contributed by atoms with Gasteiger partial charge in [-0.3, -0.25) is 14.3 Å². The van der Waals surface area contributed by atoms with Crippen LogP contribution in [0.1, 0.15) is 5.82 Å². The van der Waals surface area contributed by atoms with Gasteiger partial charge in [-0.2, -0.15) is 0 Å². The molecule has 7 nitrogen and oxygen atoms in total. The standard InChI is InChI=1S/C19H20F2N6O/c20-17(21)11-27-13-24-16-10-14(2-3-15(16)19(27)28)26-8-6-25(7-9-26)12-18-22-4-1-5-23-18/h1-5,10,13,17H,6-9,11-12H2. The fourth-order valence-corrected chi connectivity index (χ4v) is 3.40. The summed E-state index contributed by atoms with van der Waals surface area (Å²) >= 11 is 0. The lowest BCUT2D eigenvalue weighted by molar-refractivity contribution is 0.125. The van der Waals surface area contributed by atoms with E-state index in [0.29, 0.717) is 10.9 Å². The molecule has 1 fully saturated rings. The van der Waals surface area contributed by atoms with E-state index in [1.807, 2.05) is 12.1 Å². The molecule has 9 heteroatoms. The Kier molecular flexibility index (Phi) is 5.25. The largest absolute Gasteiger partial charge is 0.369 e. The van der Waals surface area contributed by atoms with Crippen molar-refractivity contribution in [3.8, 4) is 0 Å². The molecule has 0 amide bonds. The first-order valence-electron chi connectivity index (χ1n) is 9.11. The van der Waals surface area contributed by atoms with Gasteiger partial charge < -0.3 is 4.90 Å². The second-order valence-electron chi connectivity index (χ2n) is 6.72. The number of fused-ring (bicyclic) bond motifs is 1. The molecule has 0 bridgehead atoms. The van der Waals surface area contributed by atoms with E-state index >= 15 is 0 Å². The Hall–Kier alpha value is -2.94. The summed E-state index contributed by atoms with van der Waals surface area (Å²) in [5.74, 6) is 0.811. The lowest BCUT2D eigenvalue weighted by Gasteiger charge is -2.35. The van der Waals surface area contributed by atoms with E-state index in [0.717, 1.165) is 48.8 Å². The summed E-state index contributed by atoms with van der Waals surface area (Å²) < 4.78 is 26.1. The minimum absolute atomic E-state index is 0.353. The molecule has 4 rings (SSSR count). The fourth-order valence-electron chi connectivity index (χ4n) is 3.40. The van der Waals surface area contributed by atoms with Crippen molar-refractivity contribution >= 4 is 16.6 Å². The molecule has 2 aromatic heterocycles. The van der Waals surface area contributed by atoms with Gasteiger partial charge >= 0.3 is 0 Å². The van der Waals surface area contributed by atoms with Crippen LogP contribution >= 0.6 is 0 Å². The van der Waals surface area contributed by atoms with Gasteiger partial charge in [0.1, 0.15) is 5.82 Å². The summed E-state index contributed by atoms with van der Waals surface area (Å²) in [4.78, 5) is 29.6. The molecule has 0 unspecified atom stereocenters. The third-order valence-corrected chi connectivity index (χ3v) is 4.87. The third kappa shape index (κ3) is 3.99. The number of hydrogen-bond acceptors (Lipinski definition) is 6. The maximum Gasteiger partial charge on any atom is 0.261 e. The number of benzene rings is 1. The molecule has 28 heavy (non-hydrogen) atoms. The number of hydrogen-bond donors (Lipinski definition) is 0. The van der Waals surface area contributed by atoms with Crippen LogP contribution in [0, 0.1) is 0 Å². The van der Waals surface area contributed by atoms with Gasteiger partial charge in [-0.25, -0.2) is 23.7 Å². The molecule has 0 N–H and O–H groups in total. The van der Waals surface area contributed by atoms with E-state index in [1.54, 1.807) is 24.5 Å². The summed E-state index contributed by atoms with van der Waals surface area (Å²) in [5.41, 5.74) is 1.05. The van der Waals surface area contributed by atoms with Crippen LogP contribution in [0.15, 0.2) is 47.8 Å². The molecule has 146 valence electrons. The van der Waals surface area contributed by atoms with E-state index in [-0.39, 0.29) is 0 Å². The highest BCUT2D eigenvalue weighted by atomic mass is 19.3. The number of halogens is 2. The van der Waals surface area contributed by atoms with E-state index in [4.69, 9.17) is 0 Å². The van der Waals surface area contributed by atoms with Gasteiger partial charge in [-0.1, -0.05) is 0 Å². The van der Waals surface area contributed by atoms with Gasteiger partial charge in [0.15, 0.2) is 0 Å². The van der Waals surface area contributed by atoms with Crippen LogP contribution in [-0.4, -0.2) is 57.0 Å². The summed E-state index contributed by atoms with van der Waals surface area (Å²) in [6.07, 6.45) is 2.10. The van der Waals surface area contributed by atoms with Crippen LogP contribution in [0.2, 0.25) is 0 Å². The topological polar surface area (TPSA) is 67.2 Å². The van der Waals surface area contributed by atoms with Gasteiger partial charge in [0.2, 0.25) is 0 Å². The number of nitrogens with zero attached hydrogens (tertiary/aromatic N) is 6. The minimum atomic E-state index is -2.59. The Bertz CT molecular complexity index is 1000. The van der Waals surface area contributed by atoms with Crippen LogP contribution < -0.4 is 10.5 Å². The Morgan fingerprint density at radius 2 is 1.79 bits per heavy atom. The Morgan fingerprint density at radius 1 is 1.04 bits per heavy atom. The monoisotopic (exact) mass is 386 g/mol. The van der Waals surface area contributed by atoms with Crippen LogP contribution in [0.4, 0.5) is 14.5 Å². The van der Waals surface area contributed by atoms with Gasteiger partial charge in [0.05, 0.1) is 30.3 Å². The number of anilines is 1. The highest BCUT2D eigenvalue weighted by Gasteiger charge is 2.19. The van der Waals surface area contributed by atoms with Crippen molar-refractivity contribution in [2.45, 2.75) is 19.5 Å². The van der Waals surface area contributed by atoms with Crippen LogP contribution in [0.25, 0.3) is 10.9 Å². The van der Waals surface area contributed by atoms with Gasteiger partial charge in [-0.05, 0) is 24.3 Å². The zero-order valence-corrected chi connectivity index (χ0v) is 15.2. The number of alkyl halides is 2. The highest BCUT2D eigenvalue weighted by Crippen LogP contribution is 2.21. The van der Waals surface area contributed by atoms with E-state index in [1.165, 1.54) is 6.33 Å². The zero-order chi connectivity index (χ0) is 19.5. The minimum Gasteiger partial charge on any atom is -0.369 e. The van der Waals surface area contributed by atoms with Crippen molar-refractivity contribution in [1.29, 1.82) is 0 Å². The zero-order valence-electron chi connectivity index (χ0n) is 15.2. The average Bonchev–Trinajstić information content (AvgIpc) is 2.71. The first-order chi connectivity index (χ1) is 13.6.